The van der Waals surface area contributed by atoms with Crippen LogP contribution in [0.3, 0.4) is 0 Å². The summed E-state index contributed by atoms with van der Waals surface area (Å²) in [5.74, 6) is 9.40. The highest BCUT2D eigenvalue weighted by Crippen LogP contribution is 2.43. The van der Waals surface area contributed by atoms with Gasteiger partial charge in [-0.1, -0.05) is 41.4 Å². The van der Waals surface area contributed by atoms with Crippen LogP contribution in [-0.4, -0.2) is 0 Å². The van der Waals surface area contributed by atoms with Gasteiger partial charge < -0.3 is 0 Å². The molecule has 0 bridgehead atoms. The lowest BCUT2D eigenvalue weighted by molar-refractivity contribution is 0.575. The van der Waals surface area contributed by atoms with Gasteiger partial charge in [0.05, 0.1) is 11.1 Å². The zero-order valence-corrected chi connectivity index (χ0v) is 16.7. The number of halogens is 3. The molecule has 0 saturated heterocycles. The van der Waals surface area contributed by atoms with Crippen molar-refractivity contribution in [3.05, 3.63) is 105 Å². The molecule has 4 rings (SSSR count). The third kappa shape index (κ3) is 4.27. The number of hydrogen-bond donors (Lipinski definition) is 0. The summed E-state index contributed by atoms with van der Waals surface area (Å²) in [4.78, 5) is 0. The van der Waals surface area contributed by atoms with Crippen molar-refractivity contribution in [2.45, 2.75) is 32.6 Å². The maximum Gasteiger partial charge on any atom is 0.143 e. The van der Waals surface area contributed by atoms with Gasteiger partial charge in [-0.25, -0.2) is 13.2 Å². The predicted molar refractivity (Wildman–Crippen MR) is 113 cm³/mol. The number of hydrogen-bond acceptors (Lipinski definition) is 0. The summed E-state index contributed by atoms with van der Waals surface area (Å²) in [6.45, 7) is 3.60. The van der Waals surface area contributed by atoms with Crippen molar-refractivity contribution in [2.75, 3.05) is 0 Å². The van der Waals surface area contributed by atoms with Crippen LogP contribution in [0.2, 0.25) is 0 Å². The molecule has 3 heteroatoms. The van der Waals surface area contributed by atoms with Gasteiger partial charge >= 0.3 is 0 Å². The lowest BCUT2D eigenvalue weighted by Gasteiger charge is -2.07. The minimum atomic E-state index is -0.747. The van der Waals surface area contributed by atoms with E-state index in [1.54, 1.807) is 13.0 Å². The maximum atomic E-state index is 15.2. The summed E-state index contributed by atoms with van der Waals surface area (Å²) in [7, 11) is 0. The molecule has 0 atom stereocenters. The van der Waals surface area contributed by atoms with E-state index in [-0.39, 0.29) is 17.0 Å². The predicted octanol–water partition coefficient (Wildman–Crippen LogP) is 6.40. The highest BCUT2D eigenvalue weighted by atomic mass is 19.1. The lowest BCUT2D eigenvalue weighted by atomic mass is 9.98. The Labute approximate surface area is 174 Å². The van der Waals surface area contributed by atoms with Gasteiger partial charge in [0.15, 0.2) is 0 Å². The molecule has 0 spiro atoms. The average Bonchev–Trinajstić information content (AvgIpc) is 3.53. The molecule has 1 aliphatic rings. The first-order valence-electron chi connectivity index (χ1n) is 9.81. The smallest absolute Gasteiger partial charge is 0.143 e. The molecule has 0 radical (unpaired) electrons. The van der Waals surface area contributed by atoms with Crippen LogP contribution in [0.5, 0.6) is 0 Å². The van der Waals surface area contributed by atoms with E-state index in [9.17, 15) is 8.78 Å². The zero-order valence-electron chi connectivity index (χ0n) is 16.7. The molecule has 0 amide bonds. The van der Waals surface area contributed by atoms with Crippen molar-refractivity contribution in [2.24, 2.45) is 0 Å². The second kappa shape index (κ2) is 8.13. The van der Waals surface area contributed by atoms with Gasteiger partial charge in [0.2, 0.25) is 0 Å². The fraction of sp³-hybridized carbons (Fsp3) is 0.185. The Balaban J connectivity index is 1.72. The molecule has 3 aromatic rings. The molecule has 0 N–H and O–H groups in total. The van der Waals surface area contributed by atoms with Gasteiger partial charge in [-0.05, 0) is 74.6 Å². The Morgan fingerprint density at radius 2 is 1.30 bits per heavy atom. The van der Waals surface area contributed by atoms with Crippen molar-refractivity contribution in [3.63, 3.8) is 0 Å². The summed E-state index contributed by atoms with van der Waals surface area (Å²) in [5, 5.41) is 0. The molecule has 30 heavy (non-hydrogen) atoms. The first-order chi connectivity index (χ1) is 14.4. The highest BCUT2D eigenvalue weighted by Gasteiger charge is 2.30. The molecule has 0 nitrogen and oxygen atoms in total. The average molecular weight is 400 g/mol. The Bertz CT molecular complexity index is 1220. The van der Waals surface area contributed by atoms with Crippen molar-refractivity contribution in [1.29, 1.82) is 0 Å². The summed E-state index contributed by atoms with van der Waals surface area (Å²) in [5.41, 5.74) is 3.43. The molecule has 0 unspecified atom stereocenters. The number of benzene rings is 3. The van der Waals surface area contributed by atoms with Crippen LogP contribution in [-0.2, 0) is 0 Å². The zero-order chi connectivity index (χ0) is 21.3. The Hall–Kier alpha value is -3.43. The second-order valence-electron chi connectivity index (χ2n) is 7.63. The van der Waals surface area contributed by atoms with E-state index in [2.05, 4.69) is 23.7 Å². The summed E-state index contributed by atoms with van der Waals surface area (Å²) < 4.78 is 43.3. The largest absolute Gasteiger partial charge is 0.206 e. The topological polar surface area (TPSA) is 0 Å². The summed E-state index contributed by atoms with van der Waals surface area (Å²) in [6.07, 6.45) is 1.79. The van der Waals surface area contributed by atoms with Gasteiger partial charge in [-0.15, -0.1) is 0 Å². The third-order valence-corrected chi connectivity index (χ3v) is 5.07. The molecular formula is C27H19F3. The number of aryl methyl sites for hydroxylation is 2. The van der Waals surface area contributed by atoms with Crippen LogP contribution >= 0.6 is 0 Å². The fourth-order valence-electron chi connectivity index (χ4n) is 3.30. The van der Waals surface area contributed by atoms with Gasteiger partial charge in [0, 0.05) is 16.7 Å². The quantitative estimate of drug-likeness (QED) is 0.415. The first kappa shape index (κ1) is 19.9. The molecule has 3 aromatic carbocycles. The van der Waals surface area contributed by atoms with E-state index in [1.165, 1.54) is 18.2 Å². The van der Waals surface area contributed by atoms with Crippen LogP contribution in [0, 0.1) is 55.0 Å². The standard InChI is InChI=1S/C27H19F3/c1-17-3-5-19(6-4-17)7-8-20-11-12-22(27(30)26(20)21-9-10-21)13-14-23-24(28)15-18(2)16-25(23)29/h3-6,11-12,15-16,21H,9-10H2,1-2H3. The monoisotopic (exact) mass is 400 g/mol. The van der Waals surface area contributed by atoms with E-state index in [0.29, 0.717) is 16.7 Å². The molecule has 0 aromatic heterocycles. The van der Waals surface area contributed by atoms with Gasteiger partial charge in [0.1, 0.15) is 17.5 Å². The summed E-state index contributed by atoms with van der Waals surface area (Å²) in [6, 6.07) is 13.5. The van der Waals surface area contributed by atoms with Crippen molar-refractivity contribution in [3.8, 4) is 23.7 Å². The second-order valence-corrected chi connectivity index (χ2v) is 7.63. The maximum absolute atomic E-state index is 15.2. The molecular weight excluding hydrogens is 381 g/mol. The first-order valence-corrected chi connectivity index (χ1v) is 9.81. The van der Waals surface area contributed by atoms with Crippen LogP contribution in [0.25, 0.3) is 0 Å². The van der Waals surface area contributed by atoms with Crippen molar-refractivity contribution in [1.82, 2.24) is 0 Å². The summed E-state index contributed by atoms with van der Waals surface area (Å²) >= 11 is 0. The van der Waals surface area contributed by atoms with E-state index in [0.717, 1.165) is 24.0 Å². The van der Waals surface area contributed by atoms with Crippen molar-refractivity contribution >= 4 is 0 Å². The number of rotatable bonds is 1. The van der Waals surface area contributed by atoms with Gasteiger partial charge in [-0.3, -0.25) is 0 Å². The third-order valence-electron chi connectivity index (χ3n) is 5.07. The molecule has 0 heterocycles. The van der Waals surface area contributed by atoms with E-state index >= 15 is 4.39 Å². The molecule has 148 valence electrons. The van der Waals surface area contributed by atoms with Crippen molar-refractivity contribution < 1.29 is 13.2 Å². The Morgan fingerprint density at radius 1 is 0.700 bits per heavy atom. The van der Waals surface area contributed by atoms with E-state index in [1.807, 2.05) is 31.2 Å². The molecule has 1 aliphatic carbocycles. The van der Waals surface area contributed by atoms with Crippen LogP contribution in [0.1, 0.15) is 57.7 Å². The normalized spacial score (nSPS) is 12.6. The molecule has 1 saturated carbocycles. The van der Waals surface area contributed by atoms with Gasteiger partial charge in [-0.2, -0.15) is 0 Å². The molecule has 0 aliphatic heterocycles. The Morgan fingerprint density at radius 3 is 1.93 bits per heavy atom. The van der Waals surface area contributed by atoms with E-state index in [4.69, 9.17) is 0 Å². The Kier molecular flexibility index (Phi) is 5.39. The van der Waals surface area contributed by atoms with Crippen LogP contribution < -0.4 is 0 Å². The van der Waals surface area contributed by atoms with E-state index < -0.39 is 17.5 Å². The van der Waals surface area contributed by atoms with Gasteiger partial charge in [0.25, 0.3) is 0 Å². The lowest BCUT2D eigenvalue weighted by Crippen LogP contribution is -1.97. The van der Waals surface area contributed by atoms with Crippen LogP contribution in [0.15, 0.2) is 48.5 Å². The minimum Gasteiger partial charge on any atom is -0.206 e. The minimum absolute atomic E-state index is 0.113. The SMILES string of the molecule is Cc1ccc(C#Cc2ccc(C#Cc3c(F)cc(C)cc3F)c(F)c2C2CC2)cc1. The highest BCUT2D eigenvalue weighted by molar-refractivity contribution is 5.55. The molecule has 1 fully saturated rings. The fourth-order valence-corrected chi connectivity index (χ4v) is 3.30. The van der Waals surface area contributed by atoms with Crippen LogP contribution in [0.4, 0.5) is 13.2 Å².